The maximum atomic E-state index is 6.38. The number of aromatic nitrogens is 3. The first-order chi connectivity index (χ1) is 11.5. The standard InChI is InChI=1S/C17H13Cl3N4/c1-9-8-21-14-7-11(19)3-5-15(14)24-16(9)22-23-17(24)12-6-10(18)2-4-13(12)20/h2-7,9,21H,8H2,1H3/t9-/m1/s1. The molecule has 0 aliphatic carbocycles. The van der Waals surface area contributed by atoms with E-state index >= 15 is 0 Å². The predicted octanol–water partition coefficient (Wildman–Crippen LogP) is 5.42. The van der Waals surface area contributed by atoms with Gasteiger partial charge in [0.25, 0.3) is 0 Å². The number of anilines is 1. The molecule has 122 valence electrons. The zero-order valence-electron chi connectivity index (χ0n) is 12.7. The molecule has 3 aromatic rings. The molecule has 0 saturated carbocycles. The van der Waals surface area contributed by atoms with Crippen LogP contribution in [0.25, 0.3) is 17.1 Å². The minimum atomic E-state index is 0.176. The Labute approximate surface area is 154 Å². The van der Waals surface area contributed by atoms with E-state index in [1.165, 1.54) is 0 Å². The third-order valence-corrected chi connectivity index (χ3v) is 4.90. The summed E-state index contributed by atoms with van der Waals surface area (Å²) in [5, 5.41) is 14.1. The van der Waals surface area contributed by atoms with Crippen LogP contribution in [-0.4, -0.2) is 21.3 Å². The van der Waals surface area contributed by atoms with Crippen molar-refractivity contribution in [3.8, 4) is 17.1 Å². The molecule has 0 unspecified atom stereocenters. The summed E-state index contributed by atoms with van der Waals surface area (Å²) >= 11 is 18.7. The van der Waals surface area contributed by atoms with Crippen LogP contribution in [0.5, 0.6) is 0 Å². The lowest BCUT2D eigenvalue weighted by Gasteiger charge is -2.13. The topological polar surface area (TPSA) is 42.7 Å². The molecule has 1 aliphatic rings. The van der Waals surface area contributed by atoms with Crippen molar-refractivity contribution in [2.24, 2.45) is 0 Å². The van der Waals surface area contributed by atoms with Gasteiger partial charge in [0, 0.05) is 28.1 Å². The first-order valence-corrected chi connectivity index (χ1v) is 8.62. The van der Waals surface area contributed by atoms with E-state index in [1.54, 1.807) is 18.2 Å². The SMILES string of the molecule is C[C@@H]1CNc2cc(Cl)ccc2-n2c(-c3cc(Cl)ccc3Cl)nnc21. The Bertz CT molecular complexity index is 936. The van der Waals surface area contributed by atoms with Crippen molar-refractivity contribution in [1.29, 1.82) is 0 Å². The van der Waals surface area contributed by atoms with E-state index in [0.717, 1.165) is 29.3 Å². The average molecular weight is 380 g/mol. The molecule has 2 aromatic carbocycles. The highest BCUT2D eigenvalue weighted by atomic mass is 35.5. The van der Waals surface area contributed by atoms with Crippen molar-refractivity contribution in [1.82, 2.24) is 14.8 Å². The second kappa shape index (κ2) is 5.96. The van der Waals surface area contributed by atoms with Crippen molar-refractivity contribution >= 4 is 40.5 Å². The van der Waals surface area contributed by atoms with E-state index in [1.807, 2.05) is 22.8 Å². The van der Waals surface area contributed by atoms with Crippen LogP contribution < -0.4 is 5.32 Å². The lowest BCUT2D eigenvalue weighted by atomic mass is 10.1. The Morgan fingerprint density at radius 3 is 2.62 bits per heavy atom. The van der Waals surface area contributed by atoms with Crippen LogP contribution in [0.2, 0.25) is 15.1 Å². The molecule has 0 radical (unpaired) electrons. The molecule has 1 aromatic heterocycles. The molecular formula is C17H13Cl3N4. The molecule has 4 nitrogen and oxygen atoms in total. The molecular weight excluding hydrogens is 367 g/mol. The molecule has 0 amide bonds. The Balaban J connectivity index is 2.02. The van der Waals surface area contributed by atoms with E-state index in [2.05, 4.69) is 22.4 Å². The summed E-state index contributed by atoms with van der Waals surface area (Å²) in [5.74, 6) is 1.71. The Kier molecular flexibility index (Phi) is 3.91. The molecule has 1 N–H and O–H groups in total. The van der Waals surface area contributed by atoms with Gasteiger partial charge in [0.15, 0.2) is 5.82 Å². The molecule has 2 heterocycles. The Morgan fingerprint density at radius 1 is 1.04 bits per heavy atom. The lowest BCUT2D eigenvalue weighted by Crippen LogP contribution is -2.09. The maximum Gasteiger partial charge on any atom is 0.170 e. The number of hydrogen-bond acceptors (Lipinski definition) is 3. The molecule has 0 saturated heterocycles. The van der Waals surface area contributed by atoms with Crippen LogP contribution in [0.3, 0.4) is 0 Å². The van der Waals surface area contributed by atoms with Crippen LogP contribution in [0.4, 0.5) is 5.69 Å². The van der Waals surface area contributed by atoms with Gasteiger partial charge in [0.1, 0.15) is 5.82 Å². The molecule has 0 bridgehead atoms. The van der Waals surface area contributed by atoms with Gasteiger partial charge < -0.3 is 5.32 Å². The first-order valence-electron chi connectivity index (χ1n) is 7.49. The predicted molar refractivity (Wildman–Crippen MR) is 98.7 cm³/mol. The van der Waals surface area contributed by atoms with Crippen LogP contribution >= 0.6 is 34.8 Å². The van der Waals surface area contributed by atoms with Crippen LogP contribution in [0, 0.1) is 0 Å². The van der Waals surface area contributed by atoms with E-state index in [9.17, 15) is 0 Å². The number of hydrogen-bond donors (Lipinski definition) is 1. The van der Waals surface area contributed by atoms with E-state index in [-0.39, 0.29) is 5.92 Å². The molecule has 1 atom stereocenters. The molecule has 4 rings (SSSR count). The minimum Gasteiger partial charge on any atom is -0.383 e. The fourth-order valence-electron chi connectivity index (χ4n) is 2.90. The summed E-state index contributed by atoms with van der Waals surface area (Å²) in [7, 11) is 0. The van der Waals surface area contributed by atoms with E-state index in [4.69, 9.17) is 34.8 Å². The lowest BCUT2D eigenvalue weighted by molar-refractivity contribution is 0.725. The number of benzene rings is 2. The zero-order chi connectivity index (χ0) is 16.8. The second-order valence-electron chi connectivity index (χ2n) is 5.78. The summed E-state index contributed by atoms with van der Waals surface area (Å²) in [6, 6.07) is 11.0. The number of nitrogens with one attached hydrogen (secondary N) is 1. The normalized spacial score (nSPS) is 16.1. The fourth-order valence-corrected chi connectivity index (χ4v) is 3.44. The van der Waals surface area contributed by atoms with Gasteiger partial charge >= 0.3 is 0 Å². The summed E-state index contributed by atoms with van der Waals surface area (Å²) in [4.78, 5) is 0. The average Bonchev–Trinajstić information content (AvgIpc) is 2.94. The largest absolute Gasteiger partial charge is 0.383 e. The molecule has 1 aliphatic heterocycles. The van der Waals surface area contributed by atoms with Crippen molar-refractivity contribution in [3.63, 3.8) is 0 Å². The highest BCUT2D eigenvalue weighted by molar-refractivity contribution is 6.35. The Hall–Kier alpha value is -1.75. The molecule has 0 fully saturated rings. The summed E-state index contributed by atoms with van der Waals surface area (Å²) < 4.78 is 2.02. The second-order valence-corrected chi connectivity index (χ2v) is 7.06. The molecule has 0 spiro atoms. The van der Waals surface area contributed by atoms with Gasteiger partial charge in [-0.1, -0.05) is 41.7 Å². The number of nitrogens with zero attached hydrogens (tertiary/aromatic N) is 3. The number of rotatable bonds is 1. The van der Waals surface area contributed by atoms with Crippen molar-refractivity contribution in [2.75, 3.05) is 11.9 Å². The van der Waals surface area contributed by atoms with Gasteiger partial charge in [-0.3, -0.25) is 4.57 Å². The molecule has 24 heavy (non-hydrogen) atoms. The third kappa shape index (κ3) is 2.55. The summed E-state index contributed by atoms with van der Waals surface area (Å²) in [6.07, 6.45) is 0. The summed E-state index contributed by atoms with van der Waals surface area (Å²) in [6.45, 7) is 2.85. The quantitative estimate of drug-likeness (QED) is 0.613. The van der Waals surface area contributed by atoms with Crippen molar-refractivity contribution < 1.29 is 0 Å². The van der Waals surface area contributed by atoms with Gasteiger partial charge in [-0.2, -0.15) is 0 Å². The zero-order valence-corrected chi connectivity index (χ0v) is 15.0. The van der Waals surface area contributed by atoms with Crippen LogP contribution in [0.1, 0.15) is 18.7 Å². The monoisotopic (exact) mass is 378 g/mol. The smallest absolute Gasteiger partial charge is 0.170 e. The number of fused-ring (bicyclic) bond motifs is 3. The van der Waals surface area contributed by atoms with Crippen LogP contribution in [-0.2, 0) is 0 Å². The van der Waals surface area contributed by atoms with E-state index in [0.29, 0.717) is 20.9 Å². The van der Waals surface area contributed by atoms with Gasteiger partial charge in [-0.05, 0) is 36.4 Å². The van der Waals surface area contributed by atoms with Crippen molar-refractivity contribution in [2.45, 2.75) is 12.8 Å². The van der Waals surface area contributed by atoms with E-state index < -0.39 is 0 Å². The van der Waals surface area contributed by atoms with Gasteiger partial charge in [-0.25, -0.2) is 0 Å². The summed E-state index contributed by atoms with van der Waals surface area (Å²) in [5.41, 5.74) is 2.63. The van der Waals surface area contributed by atoms with Gasteiger partial charge in [0.2, 0.25) is 0 Å². The van der Waals surface area contributed by atoms with Crippen LogP contribution in [0.15, 0.2) is 36.4 Å². The Morgan fingerprint density at radius 2 is 1.79 bits per heavy atom. The van der Waals surface area contributed by atoms with Gasteiger partial charge in [0.05, 0.1) is 16.4 Å². The maximum absolute atomic E-state index is 6.38. The molecule has 7 heteroatoms. The van der Waals surface area contributed by atoms with Gasteiger partial charge in [-0.15, -0.1) is 10.2 Å². The first kappa shape index (κ1) is 15.8. The van der Waals surface area contributed by atoms with Crippen molar-refractivity contribution in [3.05, 3.63) is 57.3 Å². The highest BCUT2D eigenvalue weighted by Gasteiger charge is 2.26. The number of halogens is 3. The minimum absolute atomic E-state index is 0.176. The fraction of sp³-hybridized carbons (Fsp3) is 0.176. The highest BCUT2D eigenvalue weighted by Crippen LogP contribution is 2.37. The third-order valence-electron chi connectivity index (χ3n) is 4.10.